The number of fused-ring (bicyclic) bond motifs is 1. The number of nitrogens with zero attached hydrogens (tertiary/aromatic N) is 4. The molecule has 9 nitrogen and oxygen atoms in total. The molecule has 0 aromatic carbocycles. The first-order chi connectivity index (χ1) is 15.2. The SMILES string of the molecule is CCc1cc2c(N3CCN(C(=O)CC(F)(F)F)CC3)nc(OCc3co[nH]c3=O)nc2s1. The van der Waals surface area contributed by atoms with E-state index in [1.165, 1.54) is 22.5 Å². The van der Waals surface area contributed by atoms with Crippen molar-refractivity contribution in [3.63, 3.8) is 0 Å². The van der Waals surface area contributed by atoms with Crippen LogP contribution in [0.2, 0.25) is 0 Å². The van der Waals surface area contributed by atoms with E-state index in [2.05, 4.69) is 15.1 Å². The highest BCUT2D eigenvalue weighted by molar-refractivity contribution is 7.18. The third-order valence-corrected chi connectivity index (χ3v) is 6.21. The summed E-state index contributed by atoms with van der Waals surface area (Å²) in [5.74, 6) is -0.340. The molecular formula is C19H20F3N5O4S. The van der Waals surface area contributed by atoms with Crippen molar-refractivity contribution in [2.75, 3.05) is 31.1 Å². The number of carbonyl (C=O) groups excluding carboxylic acids is 1. The molecule has 3 aromatic heterocycles. The summed E-state index contributed by atoms with van der Waals surface area (Å²) in [6.07, 6.45) is -3.93. The smallest absolute Gasteiger partial charge is 0.397 e. The number of halogens is 3. The maximum atomic E-state index is 12.5. The lowest BCUT2D eigenvalue weighted by Gasteiger charge is -2.35. The Morgan fingerprint density at radius 1 is 1.28 bits per heavy atom. The number of anilines is 1. The van der Waals surface area contributed by atoms with Gasteiger partial charge in [-0.2, -0.15) is 28.3 Å². The van der Waals surface area contributed by atoms with E-state index in [1.54, 1.807) is 0 Å². The number of rotatable bonds is 6. The van der Waals surface area contributed by atoms with Crippen molar-refractivity contribution in [3.8, 4) is 6.01 Å². The Kier molecular flexibility index (Phi) is 6.09. The molecule has 1 amide bonds. The Morgan fingerprint density at radius 2 is 2.03 bits per heavy atom. The number of aromatic nitrogens is 3. The molecule has 32 heavy (non-hydrogen) atoms. The average Bonchev–Trinajstić information content (AvgIpc) is 3.36. The molecule has 1 aliphatic rings. The van der Waals surface area contributed by atoms with Crippen LogP contribution in [0.25, 0.3) is 10.2 Å². The molecule has 4 rings (SSSR count). The van der Waals surface area contributed by atoms with E-state index in [1.807, 2.05) is 17.9 Å². The summed E-state index contributed by atoms with van der Waals surface area (Å²) < 4.78 is 48.0. The van der Waals surface area contributed by atoms with Crippen molar-refractivity contribution in [2.45, 2.75) is 32.5 Å². The van der Waals surface area contributed by atoms with Crippen molar-refractivity contribution in [1.82, 2.24) is 20.0 Å². The van der Waals surface area contributed by atoms with E-state index in [0.717, 1.165) is 16.7 Å². The first kappa shape index (κ1) is 22.1. The number of carbonyl (C=O) groups is 1. The summed E-state index contributed by atoms with van der Waals surface area (Å²) in [6.45, 7) is 2.91. The molecule has 0 radical (unpaired) electrons. The highest BCUT2D eigenvalue weighted by atomic mass is 32.1. The summed E-state index contributed by atoms with van der Waals surface area (Å²) in [7, 11) is 0. The predicted octanol–water partition coefficient (Wildman–Crippen LogP) is 2.72. The van der Waals surface area contributed by atoms with E-state index in [0.29, 0.717) is 23.7 Å². The molecule has 0 bridgehead atoms. The third-order valence-electron chi connectivity index (χ3n) is 5.04. The maximum absolute atomic E-state index is 12.5. The number of aromatic amines is 1. The van der Waals surface area contributed by atoms with Gasteiger partial charge in [0.2, 0.25) is 5.91 Å². The van der Waals surface area contributed by atoms with Crippen molar-refractivity contribution in [2.24, 2.45) is 0 Å². The lowest BCUT2D eigenvalue weighted by Crippen LogP contribution is -2.49. The Bertz CT molecular complexity index is 1160. The van der Waals surface area contributed by atoms with Crippen LogP contribution in [0.5, 0.6) is 6.01 Å². The van der Waals surface area contributed by atoms with Gasteiger partial charge in [0.1, 0.15) is 29.9 Å². The Balaban J connectivity index is 1.54. The summed E-state index contributed by atoms with van der Waals surface area (Å²) in [4.78, 5) is 37.4. The lowest BCUT2D eigenvalue weighted by atomic mass is 10.2. The van der Waals surface area contributed by atoms with Gasteiger partial charge in [0.05, 0.1) is 10.9 Å². The zero-order valence-electron chi connectivity index (χ0n) is 17.1. The number of amides is 1. The molecule has 13 heteroatoms. The highest BCUT2D eigenvalue weighted by Gasteiger charge is 2.34. The summed E-state index contributed by atoms with van der Waals surface area (Å²) in [5, 5.41) is 2.99. The monoisotopic (exact) mass is 471 g/mol. The van der Waals surface area contributed by atoms with Crippen molar-refractivity contribution >= 4 is 33.3 Å². The Morgan fingerprint density at radius 3 is 2.66 bits per heavy atom. The van der Waals surface area contributed by atoms with Crippen LogP contribution in [-0.4, -0.2) is 58.3 Å². The van der Waals surface area contributed by atoms with Crippen LogP contribution in [-0.2, 0) is 17.8 Å². The molecule has 1 aliphatic heterocycles. The molecule has 3 aromatic rings. The average molecular weight is 471 g/mol. The molecule has 0 atom stereocenters. The van der Waals surface area contributed by atoms with Crippen molar-refractivity contribution < 1.29 is 27.2 Å². The van der Waals surface area contributed by atoms with Gasteiger partial charge < -0.3 is 19.1 Å². The van der Waals surface area contributed by atoms with Gasteiger partial charge in [-0.15, -0.1) is 11.3 Å². The second-order valence-corrected chi connectivity index (χ2v) is 8.37. The molecule has 172 valence electrons. The maximum Gasteiger partial charge on any atom is 0.397 e. The topological polar surface area (TPSA) is 105 Å². The van der Waals surface area contributed by atoms with Gasteiger partial charge in [-0.05, 0) is 12.5 Å². The zero-order chi connectivity index (χ0) is 22.9. The summed E-state index contributed by atoms with van der Waals surface area (Å²) >= 11 is 1.49. The molecule has 0 unspecified atom stereocenters. The molecule has 1 fully saturated rings. The van der Waals surface area contributed by atoms with E-state index < -0.39 is 24.1 Å². The number of hydrogen-bond donors (Lipinski definition) is 1. The van der Waals surface area contributed by atoms with Gasteiger partial charge in [-0.1, -0.05) is 6.92 Å². The van der Waals surface area contributed by atoms with Crippen molar-refractivity contribution in [1.29, 1.82) is 0 Å². The number of alkyl halides is 3. The van der Waals surface area contributed by atoms with Gasteiger partial charge >= 0.3 is 12.2 Å². The number of thiophene rings is 1. The Hall–Kier alpha value is -3.09. The van der Waals surface area contributed by atoms with Gasteiger partial charge in [-0.25, -0.2) is 0 Å². The minimum atomic E-state index is -4.52. The number of hydrogen-bond acceptors (Lipinski definition) is 8. The largest absolute Gasteiger partial charge is 0.458 e. The zero-order valence-corrected chi connectivity index (χ0v) is 17.9. The lowest BCUT2D eigenvalue weighted by molar-refractivity contribution is -0.161. The molecule has 0 saturated carbocycles. The fourth-order valence-corrected chi connectivity index (χ4v) is 4.34. The summed E-state index contributed by atoms with van der Waals surface area (Å²) in [5.41, 5.74) is -0.122. The third kappa shape index (κ3) is 4.87. The van der Waals surface area contributed by atoms with Crippen LogP contribution >= 0.6 is 11.3 Å². The second kappa shape index (κ2) is 8.81. The standard InChI is InChI=1S/C19H20F3N5O4S/c1-2-12-7-13-15(27-5-3-26(4-6-27)14(28)8-19(20,21)22)23-18(24-17(13)32-12)30-9-11-10-31-25-16(11)29/h7,10H,2-6,8-9H2,1H3,(H,25,29). The second-order valence-electron chi connectivity index (χ2n) is 7.26. The molecule has 4 heterocycles. The minimum absolute atomic E-state index is 0.0770. The highest BCUT2D eigenvalue weighted by Crippen LogP contribution is 2.33. The number of piperazine rings is 1. The molecular weight excluding hydrogens is 451 g/mol. The molecule has 0 aliphatic carbocycles. The molecule has 0 spiro atoms. The number of ether oxygens (including phenoxy) is 1. The first-order valence-corrected chi connectivity index (χ1v) is 10.7. The number of aryl methyl sites for hydroxylation is 1. The molecule has 1 N–H and O–H groups in total. The first-order valence-electron chi connectivity index (χ1n) is 9.91. The van der Waals surface area contributed by atoms with Gasteiger partial charge in [-0.3, -0.25) is 9.59 Å². The number of H-pyrrole nitrogens is 1. The van der Waals surface area contributed by atoms with Crippen molar-refractivity contribution in [3.05, 3.63) is 33.1 Å². The van der Waals surface area contributed by atoms with Crippen LogP contribution in [0, 0.1) is 0 Å². The van der Waals surface area contributed by atoms with E-state index in [-0.39, 0.29) is 31.3 Å². The number of nitrogens with one attached hydrogen (secondary N) is 1. The molecule has 1 saturated heterocycles. The van der Waals surface area contributed by atoms with Crippen LogP contribution in [0.3, 0.4) is 0 Å². The predicted molar refractivity (Wildman–Crippen MR) is 110 cm³/mol. The summed E-state index contributed by atoms with van der Waals surface area (Å²) in [6, 6.07) is 2.06. The van der Waals surface area contributed by atoms with Crippen LogP contribution < -0.4 is 15.2 Å². The minimum Gasteiger partial charge on any atom is -0.458 e. The van der Waals surface area contributed by atoms with E-state index in [9.17, 15) is 22.8 Å². The quantitative estimate of drug-likeness (QED) is 0.589. The fraction of sp³-hybridized carbons (Fsp3) is 0.474. The Labute approximate surface area is 183 Å². The van der Waals surface area contributed by atoms with E-state index >= 15 is 0 Å². The van der Waals surface area contributed by atoms with Crippen LogP contribution in [0.15, 0.2) is 21.6 Å². The van der Waals surface area contributed by atoms with Gasteiger partial charge in [0.25, 0.3) is 5.56 Å². The van der Waals surface area contributed by atoms with Crippen LogP contribution in [0.4, 0.5) is 19.0 Å². The van der Waals surface area contributed by atoms with Crippen LogP contribution in [0.1, 0.15) is 23.8 Å². The fourth-order valence-electron chi connectivity index (χ4n) is 3.38. The van der Waals surface area contributed by atoms with E-state index in [4.69, 9.17) is 9.26 Å². The normalized spacial score (nSPS) is 14.9. The van der Waals surface area contributed by atoms with Gasteiger partial charge in [0, 0.05) is 31.1 Å². The van der Waals surface area contributed by atoms with Gasteiger partial charge in [0.15, 0.2) is 0 Å².